The van der Waals surface area contributed by atoms with Crippen LogP contribution in [0.15, 0.2) is 48.8 Å². The number of anilines is 1. The van der Waals surface area contributed by atoms with Gasteiger partial charge in [0.1, 0.15) is 4.66 Å². The van der Waals surface area contributed by atoms with Crippen LogP contribution < -0.4 is 14.1 Å². The lowest BCUT2D eigenvalue weighted by Crippen LogP contribution is -2.18. The van der Waals surface area contributed by atoms with Crippen LogP contribution in [-0.4, -0.2) is 17.0 Å². The van der Waals surface area contributed by atoms with Crippen molar-refractivity contribution in [1.82, 2.24) is 9.97 Å². The zero-order valence-electron chi connectivity index (χ0n) is 11.5. The Labute approximate surface area is 126 Å². The van der Waals surface area contributed by atoms with Crippen LogP contribution in [0.3, 0.4) is 0 Å². The predicted octanol–water partition coefficient (Wildman–Crippen LogP) is 2.26. The summed E-state index contributed by atoms with van der Waals surface area (Å²) in [5.41, 5.74) is 2.17. The van der Waals surface area contributed by atoms with Gasteiger partial charge in [0.15, 0.2) is 5.82 Å². The number of para-hydroxylation sites is 1. The van der Waals surface area contributed by atoms with Crippen LogP contribution >= 0.6 is 11.3 Å². The highest BCUT2D eigenvalue weighted by atomic mass is 32.1. The second kappa shape index (κ2) is 4.82. The second-order valence-corrected chi connectivity index (χ2v) is 5.98. The molecule has 0 amide bonds. The number of pyridine rings is 1. The highest BCUT2D eigenvalue weighted by Crippen LogP contribution is 2.16. The van der Waals surface area contributed by atoms with Gasteiger partial charge in [-0.25, -0.2) is 4.98 Å². The lowest BCUT2D eigenvalue weighted by Gasteiger charge is -2.11. The smallest absolute Gasteiger partial charge is 0.151 e. The van der Waals surface area contributed by atoms with Crippen molar-refractivity contribution in [2.45, 2.75) is 0 Å². The van der Waals surface area contributed by atoms with Gasteiger partial charge in [0, 0.05) is 24.8 Å². The molecule has 102 valence electrons. The lowest BCUT2D eigenvalue weighted by molar-refractivity contribution is 1.12. The summed E-state index contributed by atoms with van der Waals surface area (Å²) < 4.78 is 2.22. The molecule has 0 radical (unpaired) electrons. The van der Waals surface area contributed by atoms with E-state index in [2.05, 4.69) is 23.2 Å². The van der Waals surface area contributed by atoms with Gasteiger partial charge in [-0.15, -0.1) is 11.3 Å². The average molecular weight is 291 g/mol. The number of nitrogens with zero attached hydrogens (tertiary/aromatic N) is 3. The first-order valence-electron chi connectivity index (χ1n) is 6.75. The van der Waals surface area contributed by atoms with Crippen LogP contribution in [0.5, 0.6) is 0 Å². The van der Waals surface area contributed by atoms with Gasteiger partial charge in [-0.1, -0.05) is 18.2 Å². The minimum absolute atomic E-state index is 1.01. The van der Waals surface area contributed by atoms with E-state index in [1.54, 1.807) is 11.3 Å². The molecule has 0 fully saturated rings. The van der Waals surface area contributed by atoms with Crippen LogP contribution in [0.25, 0.3) is 23.1 Å². The summed E-state index contributed by atoms with van der Waals surface area (Å²) in [7, 11) is 2.02. The van der Waals surface area contributed by atoms with Crippen molar-refractivity contribution in [3.63, 3.8) is 0 Å². The maximum absolute atomic E-state index is 4.72. The Morgan fingerprint density at radius 1 is 1.19 bits per heavy atom. The number of hydrogen-bond acceptors (Lipinski definition) is 4. The molecule has 0 saturated carbocycles. The zero-order chi connectivity index (χ0) is 14.2. The normalized spacial score (nSPS) is 14.3. The fraction of sp³-hybridized carbons (Fsp3) is 0.0588. The Morgan fingerprint density at radius 3 is 3.00 bits per heavy atom. The third kappa shape index (κ3) is 2.14. The van der Waals surface area contributed by atoms with Gasteiger partial charge in [0.2, 0.25) is 0 Å². The molecule has 0 spiro atoms. The summed E-state index contributed by atoms with van der Waals surface area (Å²) in [6, 6.07) is 10.2. The number of fused-ring (bicyclic) bond motifs is 2. The van der Waals surface area contributed by atoms with E-state index >= 15 is 0 Å². The van der Waals surface area contributed by atoms with Crippen LogP contribution in [0.4, 0.5) is 5.82 Å². The molecule has 1 aromatic carbocycles. The van der Waals surface area contributed by atoms with Gasteiger partial charge in [-0.3, -0.25) is 4.98 Å². The summed E-state index contributed by atoms with van der Waals surface area (Å²) in [5, 5.41) is 1.16. The van der Waals surface area contributed by atoms with E-state index in [1.807, 2.05) is 54.7 Å². The Bertz CT molecular complexity index is 964. The highest BCUT2D eigenvalue weighted by Gasteiger charge is 2.07. The van der Waals surface area contributed by atoms with E-state index in [4.69, 9.17) is 4.98 Å². The van der Waals surface area contributed by atoms with Gasteiger partial charge in [-0.05, 0) is 35.9 Å². The Kier molecular flexibility index (Phi) is 2.82. The molecule has 4 rings (SSSR count). The highest BCUT2D eigenvalue weighted by molar-refractivity contribution is 7.07. The molecule has 4 heteroatoms. The van der Waals surface area contributed by atoms with Crippen LogP contribution in [0, 0.1) is 0 Å². The third-order valence-corrected chi connectivity index (χ3v) is 4.46. The summed E-state index contributed by atoms with van der Waals surface area (Å²) in [6.45, 7) is 0. The first-order chi connectivity index (χ1) is 10.3. The fourth-order valence-corrected chi connectivity index (χ4v) is 3.44. The van der Waals surface area contributed by atoms with E-state index in [-0.39, 0.29) is 0 Å². The number of aromatic nitrogens is 2. The Hall–Kier alpha value is -2.46. The van der Waals surface area contributed by atoms with Crippen LogP contribution in [0.2, 0.25) is 0 Å². The summed E-state index contributed by atoms with van der Waals surface area (Å²) in [4.78, 5) is 11.2. The number of allylic oxidation sites excluding steroid dienone is 1. The molecule has 3 aromatic rings. The molecule has 0 saturated heterocycles. The van der Waals surface area contributed by atoms with E-state index < -0.39 is 0 Å². The predicted molar refractivity (Wildman–Crippen MR) is 88.7 cm³/mol. The Balaban J connectivity index is 1.92. The van der Waals surface area contributed by atoms with Gasteiger partial charge in [0.25, 0.3) is 0 Å². The van der Waals surface area contributed by atoms with Crippen molar-refractivity contribution in [3.05, 3.63) is 63.6 Å². The lowest BCUT2D eigenvalue weighted by atomic mass is 10.1. The molecule has 3 heterocycles. The fourth-order valence-electron chi connectivity index (χ4n) is 2.47. The molecule has 21 heavy (non-hydrogen) atoms. The quantitative estimate of drug-likeness (QED) is 0.689. The van der Waals surface area contributed by atoms with E-state index in [0.717, 1.165) is 26.9 Å². The molecule has 0 atom stereocenters. The molecular weight excluding hydrogens is 278 g/mol. The minimum Gasteiger partial charge on any atom is -0.335 e. The molecule has 1 aliphatic rings. The van der Waals surface area contributed by atoms with Crippen molar-refractivity contribution in [2.75, 3.05) is 11.9 Å². The first-order valence-corrected chi connectivity index (χ1v) is 7.56. The maximum Gasteiger partial charge on any atom is 0.151 e. The molecule has 2 aromatic heterocycles. The van der Waals surface area contributed by atoms with Crippen molar-refractivity contribution in [3.8, 4) is 0 Å². The van der Waals surface area contributed by atoms with E-state index in [1.165, 1.54) is 4.53 Å². The topological polar surface area (TPSA) is 29.0 Å². The van der Waals surface area contributed by atoms with Crippen molar-refractivity contribution < 1.29 is 0 Å². The number of rotatable bonds is 1. The van der Waals surface area contributed by atoms with Crippen molar-refractivity contribution in [1.29, 1.82) is 0 Å². The Morgan fingerprint density at radius 2 is 2.10 bits per heavy atom. The van der Waals surface area contributed by atoms with E-state index in [0.29, 0.717) is 0 Å². The van der Waals surface area contributed by atoms with Gasteiger partial charge >= 0.3 is 0 Å². The van der Waals surface area contributed by atoms with E-state index in [9.17, 15) is 0 Å². The maximum atomic E-state index is 4.72. The monoisotopic (exact) mass is 291 g/mol. The van der Waals surface area contributed by atoms with Crippen molar-refractivity contribution >= 4 is 40.2 Å². The van der Waals surface area contributed by atoms with Crippen LogP contribution in [-0.2, 0) is 0 Å². The molecule has 1 aliphatic heterocycles. The number of hydrogen-bond donors (Lipinski definition) is 0. The summed E-state index contributed by atoms with van der Waals surface area (Å²) in [6.07, 6.45) is 10.2. The molecule has 0 bridgehead atoms. The van der Waals surface area contributed by atoms with Gasteiger partial charge < -0.3 is 4.90 Å². The van der Waals surface area contributed by atoms with Gasteiger partial charge in [0.05, 0.1) is 10.0 Å². The first kappa shape index (κ1) is 12.3. The second-order valence-electron chi connectivity index (χ2n) is 4.92. The zero-order valence-corrected chi connectivity index (χ0v) is 12.3. The molecule has 3 nitrogen and oxygen atoms in total. The summed E-state index contributed by atoms with van der Waals surface area (Å²) in [5.74, 6) is 1.02. The molecule has 0 unspecified atom stereocenters. The van der Waals surface area contributed by atoms with Crippen LogP contribution in [0.1, 0.15) is 5.56 Å². The minimum atomic E-state index is 1.01. The number of thiazole rings is 1. The average Bonchev–Trinajstić information content (AvgIpc) is 2.92. The molecule has 0 N–H and O–H groups in total. The largest absolute Gasteiger partial charge is 0.335 e. The SMILES string of the molecule is CN1C=CC=c2sc(=Cc3ccnc4ccccc34)nc21. The van der Waals surface area contributed by atoms with Gasteiger partial charge in [-0.2, -0.15) is 0 Å². The number of benzene rings is 1. The molecule has 0 aliphatic carbocycles. The third-order valence-electron chi connectivity index (χ3n) is 3.50. The van der Waals surface area contributed by atoms with Crippen molar-refractivity contribution in [2.24, 2.45) is 0 Å². The standard InChI is InChI=1S/C17H13N3S/c1-20-10-4-7-15-17(20)19-16(21-15)11-12-8-9-18-14-6-3-2-5-13(12)14/h2-11H,1H3. The summed E-state index contributed by atoms with van der Waals surface area (Å²) >= 11 is 1.71. The molecular formula is C17H13N3S.